The molecule has 4 nitrogen and oxygen atoms in total. The van der Waals surface area contributed by atoms with Crippen LogP contribution >= 0.6 is 33.9 Å². The molecule has 0 spiro atoms. The third kappa shape index (κ3) is 2.03. The minimum absolute atomic E-state index is 0.191. The number of amides is 2. The largest absolute Gasteiger partial charge is 0.296 e. The number of fused-ring (bicyclic) bond motifs is 1. The molecule has 3 heterocycles. The SMILES string of the molecule is O=C1CCC(c2nccc3sc(I)cc23)C(=O)N1. The number of pyridine rings is 1. The van der Waals surface area contributed by atoms with E-state index in [0.717, 1.165) is 15.8 Å². The van der Waals surface area contributed by atoms with Crippen molar-refractivity contribution in [3.05, 3.63) is 26.9 Å². The normalized spacial score (nSPS) is 20.2. The number of halogens is 1. The van der Waals surface area contributed by atoms with E-state index < -0.39 is 0 Å². The van der Waals surface area contributed by atoms with Gasteiger partial charge in [-0.1, -0.05) is 0 Å². The van der Waals surface area contributed by atoms with Crippen LogP contribution < -0.4 is 5.32 Å². The minimum atomic E-state index is -0.309. The highest BCUT2D eigenvalue weighted by Crippen LogP contribution is 2.34. The zero-order valence-electron chi connectivity index (χ0n) is 9.27. The fourth-order valence-corrected chi connectivity index (χ4v) is 4.00. The molecule has 2 aromatic heterocycles. The maximum atomic E-state index is 11.9. The van der Waals surface area contributed by atoms with Crippen molar-refractivity contribution >= 4 is 55.8 Å². The predicted molar refractivity (Wildman–Crippen MR) is 77.5 cm³/mol. The van der Waals surface area contributed by atoms with Gasteiger partial charge in [0.2, 0.25) is 11.8 Å². The van der Waals surface area contributed by atoms with Crippen molar-refractivity contribution in [2.45, 2.75) is 18.8 Å². The molecule has 1 saturated heterocycles. The average Bonchev–Trinajstić information content (AvgIpc) is 2.69. The smallest absolute Gasteiger partial charge is 0.235 e. The van der Waals surface area contributed by atoms with Gasteiger partial charge in [0.05, 0.1) is 14.5 Å². The summed E-state index contributed by atoms with van der Waals surface area (Å²) in [6.07, 6.45) is 2.66. The molecule has 18 heavy (non-hydrogen) atoms. The molecule has 1 aliphatic heterocycles. The molecule has 6 heteroatoms. The zero-order chi connectivity index (χ0) is 12.7. The second-order valence-corrected chi connectivity index (χ2v) is 7.14. The number of aromatic nitrogens is 1. The molecule has 0 aromatic carbocycles. The van der Waals surface area contributed by atoms with E-state index in [9.17, 15) is 9.59 Å². The van der Waals surface area contributed by atoms with Crippen molar-refractivity contribution in [1.29, 1.82) is 0 Å². The minimum Gasteiger partial charge on any atom is -0.296 e. The van der Waals surface area contributed by atoms with Gasteiger partial charge in [0, 0.05) is 22.7 Å². The summed E-state index contributed by atoms with van der Waals surface area (Å²) < 4.78 is 2.30. The van der Waals surface area contributed by atoms with E-state index in [1.165, 1.54) is 2.88 Å². The summed E-state index contributed by atoms with van der Waals surface area (Å²) in [5.74, 6) is -0.729. The van der Waals surface area contributed by atoms with Crippen LogP contribution in [0.3, 0.4) is 0 Å². The van der Waals surface area contributed by atoms with Gasteiger partial charge in [-0.05, 0) is 41.1 Å². The Morgan fingerprint density at radius 3 is 3.06 bits per heavy atom. The van der Waals surface area contributed by atoms with Crippen molar-refractivity contribution in [1.82, 2.24) is 10.3 Å². The number of carbonyl (C=O) groups is 2. The van der Waals surface area contributed by atoms with Crippen molar-refractivity contribution in [2.75, 3.05) is 0 Å². The Labute approximate surface area is 121 Å². The van der Waals surface area contributed by atoms with Crippen LogP contribution in [-0.4, -0.2) is 16.8 Å². The number of nitrogens with one attached hydrogen (secondary N) is 1. The Hall–Kier alpha value is -1.02. The van der Waals surface area contributed by atoms with E-state index in [0.29, 0.717) is 12.8 Å². The first-order valence-electron chi connectivity index (χ1n) is 5.53. The first-order valence-corrected chi connectivity index (χ1v) is 7.42. The third-order valence-electron chi connectivity index (χ3n) is 3.02. The van der Waals surface area contributed by atoms with E-state index in [-0.39, 0.29) is 17.7 Å². The van der Waals surface area contributed by atoms with E-state index in [1.54, 1.807) is 17.5 Å². The molecular weight excluding hydrogens is 363 g/mol. The van der Waals surface area contributed by atoms with Crippen LogP contribution in [-0.2, 0) is 9.59 Å². The molecule has 92 valence electrons. The van der Waals surface area contributed by atoms with E-state index in [4.69, 9.17) is 0 Å². The number of nitrogens with zero attached hydrogens (tertiary/aromatic N) is 1. The van der Waals surface area contributed by atoms with E-state index >= 15 is 0 Å². The van der Waals surface area contributed by atoms with Gasteiger partial charge >= 0.3 is 0 Å². The van der Waals surface area contributed by atoms with Gasteiger partial charge in [-0.15, -0.1) is 11.3 Å². The van der Waals surface area contributed by atoms with Gasteiger partial charge in [-0.25, -0.2) is 0 Å². The fraction of sp³-hybridized carbons (Fsp3) is 0.250. The number of thiophene rings is 1. The molecule has 0 radical (unpaired) electrons. The highest BCUT2D eigenvalue weighted by molar-refractivity contribution is 14.1. The fourth-order valence-electron chi connectivity index (χ4n) is 2.18. The highest BCUT2D eigenvalue weighted by atomic mass is 127. The summed E-state index contributed by atoms with van der Waals surface area (Å²) >= 11 is 3.95. The van der Waals surface area contributed by atoms with Crippen molar-refractivity contribution in [3.8, 4) is 0 Å². The van der Waals surface area contributed by atoms with Crippen molar-refractivity contribution in [2.24, 2.45) is 0 Å². The highest BCUT2D eigenvalue weighted by Gasteiger charge is 2.30. The standard InChI is InChI=1S/C12H9IN2O2S/c13-9-5-7-8(18-9)3-4-14-11(7)6-1-2-10(16)15-12(6)17/h3-6H,1-2H2,(H,15,16,17). The molecule has 1 atom stereocenters. The molecule has 1 unspecified atom stereocenters. The molecule has 2 aromatic rings. The number of carbonyl (C=O) groups excluding carboxylic acids is 2. The lowest BCUT2D eigenvalue weighted by Gasteiger charge is -2.20. The molecule has 2 amide bonds. The Bertz CT molecular complexity index is 653. The van der Waals surface area contributed by atoms with Gasteiger partial charge in [-0.3, -0.25) is 19.9 Å². The van der Waals surface area contributed by atoms with Crippen molar-refractivity contribution in [3.63, 3.8) is 0 Å². The van der Waals surface area contributed by atoms with E-state index in [2.05, 4.69) is 32.9 Å². The molecule has 0 bridgehead atoms. The number of piperidine rings is 1. The molecule has 0 aliphatic carbocycles. The van der Waals surface area contributed by atoms with Crippen LogP contribution in [0, 0.1) is 2.88 Å². The maximum Gasteiger partial charge on any atom is 0.235 e. The van der Waals surface area contributed by atoms with Gasteiger partial charge < -0.3 is 0 Å². The van der Waals surface area contributed by atoms with Crippen LogP contribution in [0.1, 0.15) is 24.5 Å². The third-order valence-corrected chi connectivity index (χ3v) is 4.88. The molecule has 3 rings (SSSR count). The van der Waals surface area contributed by atoms with Crippen LogP contribution in [0.5, 0.6) is 0 Å². The molecule has 1 fully saturated rings. The summed E-state index contributed by atoms with van der Waals surface area (Å²) in [7, 11) is 0. The van der Waals surface area contributed by atoms with Gasteiger partial charge in [0.1, 0.15) is 0 Å². The lowest BCUT2D eigenvalue weighted by Crippen LogP contribution is -2.39. The van der Waals surface area contributed by atoms with Gasteiger partial charge in [0.15, 0.2) is 0 Å². The quantitative estimate of drug-likeness (QED) is 0.618. The summed E-state index contributed by atoms with van der Waals surface area (Å²) in [5.41, 5.74) is 0.789. The Morgan fingerprint density at radius 2 is 2.28 bits per heavy atom. The van der Waals surface area contributed by atoms with Gasteiger partial charge in [-0.2, -0.15) is 0 Å². The number of rotatable bonds is 1. The van der Waals surface area contributed by atoms with Gasteiger partial charge in [0.25, 0.3) is 0 Å². The average molecular weight is 372 g/mol. The van der Waals surface area contributed by atoms with Crippen LogP contribution in [0.25, 0.3) is 10.1 Å². The summed E-state index contributed by atoms with van der Waals surface area (Å²) in [6, 6.07) is 4.00. The monoisotopic (exact) mass is 372 g/mol. The van der Waals surface area contributed by atoms with Crippen LogP contribution in [0.15, 0.2) is 18.3 Å². The first-order chi connectivity index (χ1) is 8.65. The topological polar surface area (TPSA) is 59.1 Å². The van der Waals surface area contributed by atoms with E-state index in [1.807, 2.05) is 12.1 Å². The Balaban J connectivity index is 2.08. The maximum absolute atomic E-state index is 11.9. The predicted octanol–water partition coefficient (Wildman–Crippen LogP) is 2.42. The molecule has 0 saturated carbocycles. The van der Waals surface area contributed by atoms with Crippen LogP contribution in [0.2, 0.25) is 0 Å². The summed E-state index contributed by atoms with van der Waals surface area (Å²) in [4.78, 5) is 27.4. The second kappa shape index (κ2) is 4.58. The van der Waals surface area contributed by atoms with Crippen LogP contribution in [0.4, 0.5) is 0 Å². The second-order valence-electron chi connectivity index (χ2n) is 4.16. The molecule has 1 aliphatic rings. The Morgan fingerprint density at radius 1 is 1.44 bits per heavy atom. The number of hydrogen-bond donors (Lipinski definition) is 1. The first kappa shape index (κ1) is 12.0. The lowest BCUT2D eigenvalue weighted by atomic mass is 9.92. The summed E-state index contributed by atoms with van der Waals surface area (Å²) in [6.45, 7) is 0. The molecular formula is C12H9IN2O2S. The molecule has 1 N–H and O–H groups in total. The Kier molecular flexibility index (Phi) is 3.06. The lowest BCUT2D eigenvalue weighted by molar-refractivity contribution is -0.134. The zero-order valence-corrected chi connectivity index (χ0v) is 12.2. The number of imide groups is 1. The summed E-state index contributed by atoms with van der Waals surface area (Å²) in [5, 5.41) is 3.41. The number of hydrogen-bond acceptors (Lipinski definition) is 4. The van der Waals surface area contributed by atoms with Crippen molar-refractivity contribution < 1.29 is 9.59 Å².